The first-order chi connectivity index (χ1) is 24.6. The Hall–Kier alpha value is -2.68. The normalized spacial score (nSPS) is 19.0. The quantitative estimate of drug-likeness (QED) is 0.0806. The summed E-state index contributed by atoms with van der Waals surface area (Å²) in [6.45, 7) is 2.88. The van der Waals surface area contributed by atoms with E-state index in [1.165, 1.54) is 70.6 Å². The van der Waals surface area contributed by atoms with E-state index in [1.807, 2.05) is 66.7 Å². The standard InChI is InChI=1S/C43H61NO5S/c1-2-3-4-5-6-7-8-9-10-11-12-13-17-20-40(47)44-31-34-21-27-38(28-22-34)43-48-39(33-50-30-29-45)41(36-18-15-14-16-19-36)42(49-43)37-25-23-35(32-46)24-26-37/h14-16,18-19,21-28,39,41-43,45-46H,2-13,17,20,29-33H2,1H3,(H,44,47)/t39-,41-,42+,43?/m1/s1. The molecule has 1 amide bonds. The van der Waals surface area contributed by atoms with E-state index in [1.54, 1.807) is 11.8 Å². The number of thioether (sulfide) groups is 1. The van der Waals surface area contributed by atoms with Crippen molar-refractivity contribution >= 4 is 17.7 Å². The molecule has 274 valence electrons. The van der Waals surface area contributed by atoms with Gasteiger partial charge in [-0.25, -0.2) is 0 Å². The number of unbranched alkanes of at least 4 members (excludes halogenated alkanes) is 12. The molecule has 6 nitrogen and oxygen atoms in total. The zero-order valence-electron chi connectivity index (χ0n) is 30.3. The number of carbonyl (C=O) groups is 1. The monoisotopic (exact) mass is 703 g/mol. The van der Waals surface area contributed by atoms with Crippen molar-refractivity contribution in [3.05, 3.63) is 107 Å². The second-order valence-electron chi connectivity index (χ2n) is 13.7. The predicted octanol–water partition coefficient (Wildman–Crippen LogP) is 9.94. The van der Waals surface area contributed by atoms with Crippen LogP contribution in [0.15, 0.2) is 78.9 Å². The van der Waals surface area contributed by atoms with Crippen LogP contribution >= 0.6 is 11.8 Å². The minimum atomic E-state index is -0.573. The molecule has 3 aromatic rings. The molecule has 4 rings (SSSR count). The van der Waals surface area contributed by atoms with Crippen LogP contribution in [-0.4, -0.2) is 40.3 Å². The summed E-state index contributed by atoms with van der Waals surface area (Å²) in [5, 5.41) is 22.2. The lowest BCUT2D eigenvalue weighted by Gasteiger charge is -2.43. The molecule has 1 unspecified atom stereocenters. The maximum absolute atomic E-state index is 12.6. The van der Waals surface area contributed by atoms with Crippen molar-refractivity contribution in [3.8, 4) is 0 Å². The highest BCUT2D eigenvalue weighted by molar-refractivity contribution is 7.99. The molecule has 4 atom stereocenters. The van der Waals surface area contributed by atoms with Gasteiger partial charge >= 0.3 is 0 Å². The summed E-state index contributed by atoms with van der Waals surface area (Å²) in [7, 11) is 0. The highest BCUT2D eigenvalue weighted by Gasteiger charge is 2.41. The van der Waals surface area contributed by atoms with Gasteiger partial charge in [-0.2, -0.15) is 11.8 Å². The van der Waals surface area contributed by atoms with Gasteiger partial charge in [-0.1, -0.05) is 163 Å². The number of aliphatic hydroxyl groups excluding tert-OH is 2. The third-order valence-electron chi connectivity index (χ3n) is 9.74. The lowest BCUT2D eigenvalue weighted by atomic mass is 9.84. The Bertz CT molecular complexity index is 1320. The van der Waals surface area contributed by atoms with Crippen LogP contribution in [-0.2, 0) is 27.4 Å². The Morgan fingerprint density at radius 2 is 1.26 bits per heavy atom. The number of aliphatic hydroxyl groups is 2. The summed E-state index contributed by atoms with van der Waals surface area (Å²) in [4.78, 5) is 12.6. The number of nitrogens with one attached hydrogen (secondary N) is 1. The van der Waals surface area contributed by atoms with Crippen molar-refractivity contribution in [2.24, 2.45) is 0 Å². The van der Waals surface area contributed by atoms with Crippen LogP contribution in [0.2, 0.25) is 0 Å². The summed E-state index contributed by atoms with van der Waals surface area (Å²) in [5.74, 6) is 1.42. The zero-order valence-corrected chi connectivity index (χ0v) is 31.1. The van der Waals surface area contributed by atoms with E-state index in [4.69, 9.17) is 9.47 Å². The number of benzene rings is 3. The van der Waals surface area contributed by atoms with Gasteiger partial charge in [0.15, 0.2) is 6.29 Å². The minimum Gasteiger partial charge on any atom is -0.396 e. The van der Waals surface area contributed by atoms with Crippen LogP contribution in [0.25, 0.3) is 0 Å². The SMILES string of the molecule is CCCCCCCCCCCCCCCC(=O)NCc1ccc(C2O[C@H](CSCCO)[C@@H](c3ccccc3)[C@H](c3ccc(CO)cc3)O2)cc1. The molecule has 0 bridgehead atoms. The van der Waals surface area contributed by atoms with Crippen LogP contribution in [0.3, 0.4) is 0 Å². The highest BCUT2D eigenvalue weighted by atomic mass is 32.2. The van der Waals surface area contributed by atoms with E-state index in [0.29, 0.717) is 24.5 Å². The first-order valence-corrected chi connectivity index (χ1v) is 20.4. The first kappa shape index (κ1) is 40.1. The van der Waals surface area contributed by atoms with Crippen molar-refractivity contribution in [2.75, 3.05) is 18.1 Å². The van der Waals surface area contributed by atoms with Crippen LogP contribution in [0.5, 0.6) is 0 Å². The molecule has 1 aliphatic heterocycles. The van der Waals surface area contributed by atoms with Crippen LogP contribution in [0.1, 0.15) is 143 Å². The van der Waals surface area contributed by atoms with Gasteiger partial charge in [0.25, 0.3) is 0 Å². The van der Waals surface area contributed by atoms with Gasteiger partial charge in [0.05, 0.1) is 25.4 Å². The zero-order chi connectivity index (χ0) is 35.2. The maximum atomic E-state index is 12.6. The molecule has 1 heterocycles. The van der Waals surface area contributed by atoms with Crippen molar-refractivity contribution in [3.63, 3.8) is 0 Å². The number of carbonyl (C=O) groups excluding carboxylic acids is 1. The van der Waals surface area contributed by atoms with E-state index in [0.717, 1.165) is 40.7 Å². The van der Waals surface area contributed by atoms with E-state index < -0.39 is 6.29 Å². The molecule has 3 aromatic carbocycles. The van der Waals surface area contributed by atoms with Crippen molar-refractivity contribution in [2.45, 2.75) is 134 Å². The van der Waals surface area contributed by atoms with E-state index in [2.05, 4.69) is 24.4 Å². The van der Waals surface area contributed by atoms with Gasteiger partial charge in [0, 0.05) is 36.0 Å². The van der Waals surface area contributed by atoms with Gasteiger partial charge < -0.3 is 25.0 Å². The second-order valence-corrected chi connectivity index (χ2v) is 14.9. The number of amides is 1. The molecule has 0 saturated carbocycles. The minimum absolute atomic E-state index is 0.00762. The number of hydrogen-bond donors (Lipinski definition) is 3. The lowest BCUT2D eigenvalue weighted by molar-refractivity contribution is -0.255. The molecule has 50 heavy (non-hydrogen) atoms. The highest BCUT2D eigenvalue weighted by Crippen LogP contribution is 2.47. The van der Waals surface area contributed by atoms with Crippen molar-refractivity contribution in [1.29, 1.82) is 0 Å². The number of ether oxygens (including phenoxy) is 2. The first-order valence-electron chi connectivity index (χ1n) is 19.2. The average Bonchev–Trinajstić information content (AvgIpc) is 3.16. The maximum Gasteiger partial charge on any atom is 0.220 e. The van der Waals surface area contributed by atoms with Crippen LogP contribution in [0.4, 0.5) is 0 Å². The van der Waals surface area contributed by atoms with Crippen molar-refractivity contribution in [1.82, 2.24) is 5.32 Å². The molecule has 0 radical (unpaired) electrons. The van der Waals surface area contributed by atoms with Gasteiger partial charge in [-0.3, -0.25) is 4.79 Å². The third-order valence-corrected chi connectivity index (χ3v) is 10.8. The van der Waals surface area contributed by atoms with E-state index >= 15 is 0 Å². The topological polar surface area (TPSA) is 88.0 Å². The van der Waals surface area contributed by atoms with Gasteiger partial charge in [-0.05, 0) is 28.7 Å². The Labute approximate surface area is 305 Å². The lowest BCUT2D eigenvalue weighted by Crippen LogP contribution is -2.38. The molecule has 3 N–H and O–H groups in total. The van der Waals surface area contributed by atoms with Crippen LogP contribution < -0.4 is 5.32 Å². The summed E-state index contributed by atoms with van der Waals surface area (Å²) in [6.07, 6.45) is 16.5. The van der Waals surface area contributed by atoms with Gasteiger partial charge in [0.1, 0.15) is 0 Å². The molecule has 7 heteroatoms. The molecule has 0 aromatic heterocycles. The summed E-state index contributed by atoms with van der Waals surface area (Å²) in [6, 6.07) is 26.5. The fraction of sp³-hybridized carbons (Fsp3) is 0.558. The van der Waals surface area contributed by atoms with E-state index in [9.17, 15) is 15.0 Å². The molecule has 1 saturated heterocycles. The Balaban J connectivity index is 1.26. The average molecular weight is 704 g/mol. The Morgan fingerprint density at radius 3 is 1.86 bits per heavy atom. The molecule has 0 spiro atoms. The Kier molecular flexibility index (Phi) is 19.0. The number of hydrogen-bond acceptors (Lipinski definition) is 6. The summed E-state index contributed by atoms with van der Waals surface area (Å²) >= 11 is 1.68. The predicted molar refractivity (Wildman–Crippen MR) is 206 cm³/mol. The largest absolute Gasteiger partial charge is 0.396 e. The summed E-state index contributed by atoms with van der Waals surface area (Å²) < 4.78 is 13.5. The molecule has 1 fully saturated rings. The summed E-state index contributed by atoms with van der Waals surface area (Å²) in [5.41, 5.74) is 4.99. The molecule has 0 aliphatic carbocycles. The second kappa shape index (κ2) is 23.7. The Morgan fingerprint density at radius 1 is 0.680 bits per heavy atom. The van der Waals surface area contributed by atoms with Crippen LogP contribution in [0, 0.1) is 0 Å². The fourth-order valence-corrected chi connectivity index (χ4v) is 7.61. The van der Waals surface area contributed by atoms with E-state index in [-0.39, 0.29) is 37.2 Å². The fourth-order valence-electron chi connectivity index (χ4n) is 6.80. The smallest absolute Gasteiger partial charge is 0.220 e. The number of rotatable bonds is 24. The molecule has 1 aliphatic rings. The van der Waals surface area contributed by atoms with Crippen molar-refractivity contribution < 1.29 is 24.5 Å². The molecular weight excluding hydrogens is 643 g/mol. The third kappa shape index (κ3) is 13.8. The van der Waals surface area contributed by atoms with Gasteiger partial charge in [0.2, 0.25) is 5.91 Å². The molecular formula is C43H61NO5S. The van der Waals surface area contributed by atoms with Gasteiger partial charge in [-0.15, -0.1) is 0 Å².